The minimum absolute atomic E-state index is 0.109. The maximum atomic E-state index is 12.5. The van der Waals surface area contributed by atoms with Crippen LogP contribution in [0.25, 0.3) is 11.0 Å². The molecule has 1 aromatic heterocycles. The zero-order chi connectivity index (χ0) is 16.7. The van der Waals surface area contributed by atoms with E-state index in [1.165, 1.54) is 11.1 Å². The second kappa shape index (κ2) is 5.76. The molecule has 0 radical (unpaired) electrons. The largest absolute Gasteiger partial charge is 0.328 e. The number of aromatic nitrogens is 2. The van der Waals surface area contributed by atoms with Gasteiger partial charge in [0, 0.05) is 30.4 Å². The Hall–Kier alpha value is -2.66. The van der Waals surface area contributed by atoms with Gasteiger partial charge in [0.15, 0.2) is 0 Å². The average molecular weight is 320 g/mol. The van der Waals surface area contributed by atoms with E-state index in [9.17, 15) is 4.79 Å². The van der Waals surface area contributed by atoms with Crippen LogP contribution < -0.4 is 10.6 Å². The van der Waals surface area contributed by atoms with Crippen LogP contribution in [-0.4, -0.2) is 15.5 Å². The van der Waals surface area contributed by atoms with E-state index in [-0.39, 0.29) is 5.91 Å². The van der Waals surface area contributed by atoms with Crippen molar-refractivity contribution >= 4 is 22.6 Å². The molecule has 3 aromatic rings. The van der Waals surface area contributed by atoms with Crippen molar-refractivity contribution < 1.29 is 4.79 Å². The van der Waals surface area contributed by atoms with Gasteiger partial charge in [0.05, 0.1) is 17.4 Å². The highest BCUT2D eigenvalue weighted by molar-refractivity contribution is 6.06. The number of amides is 1. The number of fused-ring (bicyclic) bond motifs is 2. The van der Waals surface area contributed by atoms with Crippen LogP contribution >= 0.6 is 0 Å². The SMILES string of the molecule is CC(C)n1cnc2cc(C(=O)Nc3ccc4c(c3)CNC4)ccc21. The Morgan fingerprint density at radius 2 is 2.00 bits per heavy atom. The molecule has 0 aliphatic carbocycles. The summed E-state index contributed by atoms with van der Waals surface area (Å²) >= 11 is 0. The smallest absolute Gasteiger partial charge is 0.255 e. The number of hydrogen-bond donors (Lipinski definition) is 2. The topological polar surface area (TPSA) is 59.0 Å². The number of rotatable bonds is 3. The molecule has 0 saturated carbocycles. The lowest BCUT2D eigenvalue weighted by molar-refractivity contribution is 0.102. The summed E-state index contributed by atoms with van der Waals surface area (Å²) in [5, 5.41) is 6.29. The average Bonchev–Trinajstić information content (AvgIpc) is 3.20. The van der Waals surface area contributed by atoms with Gasteiger partial charge in [-0.25, -0.2) is 4.98 Å². The van der Waals surface area contributed by atoms with Gasteiger partial charge in [-0.15, -0.1) is 0 Å². The highest BCUT2D eigenvalue weighted by Gasteiger charge is 2.13. The molecule has 5 nitrogen and oxygen atoms in total. The van der Waals surface area contributed by atoms with Gasteiger partial charge in [0.2, 0.25) is 0 Å². The van der Waals surface area contributed by atoms with Crippen molar-refractivity contribution in [3.63, 3.8) is 0 Å². The van der Waals surface area contributed by atoms with Crippen LogP contribution in [0.4, 0.5) is 5.69 Å². The monoisotopic (exact) mass is 320 g/mol. The normalized spacial score (nSPS) is 13.5. The van der Waals surface area contributed by atoms with Crippen LogP contribution in [0.15, 0.2) is 42.7 Å². The molecule has 1 amide bonds. The van der Waals surface area contributed by atoms with Gasteiger partial charge in [0.25, 0.3) is 5.91 Å². The number of anilines is 1. The summed E-state index contributed by atoms with van der Waals surface area (Å²) in [6, 6.07) is 12.1. The molecule has 0 bridgehead atoms. The predicted octanol–water partition coefficient (Wildman–Crippen LogP) is 3.47. The summed E-state index contributed by atoms with van der Waals surface area (Å²) in [5.74, 6) is -0.109. The van der Waals surface area contributed by atoms with Gasteiger partial charge in [0.1, 0.15) is 0 Å². The molecular weight excluding hydrogens is 300 g/mol. The van der Waals surface area contributed by atoms with Crippen molar-refractivity contribution in [1.29, 1.82) is 0 Å². The van der Waals surface area contributed by atoms with Crippen molar-refractivity contribution in [2.45, 2.75) is 33.0 Å². The first kappa shape index (κ1) is 14.9. The molecule has 2 heterocycles. The van der Waals surface area contributed by atoms with Crippen LogP contribution in [0.1, 0.15) is 41.4 Å². The van der Waals surface area contributed by atoms with Gasteiger partial charge in [-0.3, -0.25) is 4.79 Å². The molecule has 0 saturated heterocycles. The van der Waals surface area contributed by atoms with Crippen molar-refractivity contribution in [2.75, 3.05) is 5.32 Å². The molecule has 2 aromatic carbocycles. The van der Waals surface area contributed by atoms with Gasteiger partial charge in [-0.2, -0.15) is 0 Å². The zero-order valence-electron chi connectivity index (χ0n) is 13.8. The van der Waals surface area contributed by atoms with Gasteiger partial charge >= 0.3 is 0 Å². The molecule has 0 spiro atoms. The first-order chi connectivity index (χ1) is 11.6. The third kappa shape index (κ3) is 2.57. The van der Waals surface area contributed by atoms with E-state index in [4.69, 9.17) is 0 Å². The molecule has 2 N–H and O–H groups in total. The van der Waals surface area contributed by atoms with Crippen molar-refractivity contribution in [3.05, 3.63) is 59.4 Å². The van der Waals surface area contributed by atoms with E-state index in [2.05, 4.69) is 40.1 Å². The minimum Gasteiger partial charge on any atom is -0.328 e. The zero-order valence-corrected chi connectivity index (χ0v) is 13.8. The Morgan fingerprint density at radius 1 is 1.17 bits per heavy atom. The second-order valence-corrected chi connectivity index (χ2v) is 6.49. The molecular formula is C19H20N4O. The Labute approximate surface area is 140 Å². The van der Waals surface area contributed by atoms with E-state index in [0.717, 1.165) is 29.8 Å². The van der Waals surface area contributed by atoms with Crippen LogP contribution in [0.3, 0.4) is 0 Å². The first-order valence-electron chi connectivity index (χ1n) is 8.22. The van der Waals surface area contributed by atoms with Crippen LogP contribution in [0, 0.1) is 0 Å². The molecule has 1 aliphatic rings. The lowest BCUT2D eigenvalue weighted by Gasteiger charge is -2.09. The van der Waals surface area contributed by atoms with Crippen molar-refractivity contribution in [1.82, 2.24) is 14.9 Å². The highest BCUT2D eigenvalue weighted by Crippen LogP contribution is 2.22. The number of carbonyl (C=O) groups excluding carboxylic acids is 1. The van der Waals surface area contributed by atoms with E-state index < -0.39 is 0 Å². The first-order valence-corrected chi connectivity index (χ1v) is 8.22. The van der Waals surface area contributed by atoms with Gasteiger partial charge in [-0.1, -0.05) is 6.07 Å². The summed E-state index contributed by atoms with van der Waals surface area (Å²) in [4.78, 5) is 16.9. The Balaban J connectivity index is 1.59. The third-order valence-corrected chi connectivity index (χ3v) is 4.49. The fourth-order valence-corrected chi connectivity index (χ4v) is 3.16. The fourth-order valence-electron chi connectivity index (χ4n) is 3.16. The maximum Gasteiger partial charge on any atom is 0.255 e. The minimum atomic E-state index is -0.109. The van der Waals surface area contributed by atoms with Crippen LogP contribution in [0.2, 0.25) is 0 Å². The van der Waals surface area contributed by atoms with Crippen LogP contribution in [-0.2, 0) is 13.1 Å². The van der Waals surface area contributed by atoms with E-state index in [0.29, 0.717) is 11.6 Å². The van der Waals surface area contributed by atoms with Crippen molar-refractivity contribution in [3.8, 4) is 0 Å². The Bertz CT molecular complexity index is 926. The lowest BCUT2D eigenvalue weighted by Crippen LogP contribution is -2.12. The van der Waals surface area contributed by atoms with Gasteiger partial charge < -0.3 is 15.2 Å². The summed E-state index contributed by atoms with van der Waals surface area (Å²) in [7, 11) is 0. The highest BCUT2D eigenvalue weighted by atomic mass is 16.1. The molecule has 5 heteroatoms. The maximum absolute atomic E-state index is 12.5. The summed E-state index contributed by atoms with van der Waals surface area (Å²) in [6.07, 6.45) is 1.82. The van der Waals surface area contributed by atoms with Crippen molar-refractivity contribution in [2.24, 2.45) is 0 Å². The predicted molar refractivity (Wildman–Crippen MR) is 95.1 cm³/mol. The fraction of sp³-hybridized carbons (Fsp3) is 0.263. The summed E-state index contributed by atoms with van der Waals surface area (Å²) in [6.45, 7) is 5.99. The summed E-state index contributed by atoms with van der Waals surface area (Å²) < 4.78 is 2.10. The number of imidazole rings is 1. The Morgan fingerprint density at radius 3 is 2.83 bits per heavy atom. The Kier molecular flexibility index (Phi) is 3.58. The number of hydrogen-bond acceptors (Lipinski definition) is 3. The molecule has 4 rings (SSSR count). The number of carbonyl (C=O) groups is 1. The molecule has 1 aliphatic heterocycles. The van der Waals surface area contributed by atoms with Gasteiger partial charge in [-0.05, 0) is 55.3 Å². The lowest BCUT2D eigenvalue weighted by atomic mass is 10.1. The number of nitrogens with one attached hydrogen (secondary N) is 2. The molecule has 0 atom stereocenters. The molecule has 24 heavy (non-hydrogen) atoms. The molecule has 0 fully saturated rings. The second-order valence-electron chi connectivity index (χ2n) is 6.49. The molecule has 0 unspecified atom stereocenters. The third-order valence-electron chi connectivity index (χ3n) is 4.49. The standard InChI is InChI=1S/C19H20N4O/c1-12(2)23-11-21-17-8-13(4-6-18(17)23)19(24)22-16-5-3-14-9-20-10-15(14)7-16/h3-8,11-12,20H,9-10H2,1-2H3,(H,22,24). The van der Waals surface area contributed by atoms with E-state index in [1.807, 2.05) is 36.7 Å². The summed E-state index contributed by atoms with van der Waals surface area (Å²) in [5.41, 5.74) is 5.89. The number of nitrogens with zero attached hydrogens (tertiary/aromatic N) is 2. The van der Waals surface area contributed by atoms with E-state index >= 15 is 0 Å². The van der Waals surface area contributed by atoms with E-state index in [1.54, 1.807) is 0 Å². The quantitative estimate of drug-likeness (QED) is 0.777. The number of benzene rings is 2. The van der Waals surface area contributed by atoms with Crippen LogP contribution in [0.5, 0.6) is 0 Å². The molecule has 122 valence electrons.